The van der Waals surface area contributed by atoms with Crippen LogP contribution >= 0.6 is 12.4 Å². The zero-order valence-electron chi connectivity index (χ0n) is 12.8. The highest BCUT2D eigenvalue weighted by molar-refractivity contribution is 5.88. The summed E-state index contributed by atoms with van der Waals surface area (Å²) in [5.74, 6) is 0.637. The van der Waals surface area contributed by atoms with Crippen LogP contribution in [0.5, 0.6) is 0 Å². The lowest BCUT2D eigenvalue weighted by Crippen LogP contribution is -2.47. The smallest absolute Gasteiger partial charge is 0.221 e. The Morgan fingerprint density at radius 3 is 2.62 bits per heavy atom. The van der Waals surface area contributed by atoms with Crippen LogP contribution in [0.3, 0.4) is 0 Å². The van der Waals surface area contributed by atoms with E-state index in [4.69, 9.17) is 5.73 Å². The second-order valence-corrected chi connectivity index (χ2v) is 5.77. The van der Waals surface area contributed by atoms with E-state index in [0.717, 1.165) is 25.3 Å². The Kier molecular flexibility index (Phi) is 7.15. The number of halogens is 1. The fourth-order valence-electron chi connectivity index (χ4n) is 3.04. The van der Waals surface area contributed by atoms with Gasteiger partial charge in [-0.25, -0.2) is 0 Å². The van der Waals surface area contributed by atoms with Gasteiger partial charge < -0.3 is 11.1 Å². The Labute approximate surface area is 133 Å². The molecule has 2 atom stereocenters. The Morgan fingerprint density at radius 2 is 2.05 bits per heavy atom. The fraction of sp³-hybridized carbons (Fsp3) is 0.562. The highest BCUT2D eigenvalue weighted by Gasteiger charge is 2.27. The molecule has 1 aromatic rings. The van der Waals surface area contributed by atoms with Crippen LogP contribution in [0.1, 0.15) is 32.3 Å². The number of hydrogen-bond acceptors (Lipinski definition) is 3. The number of nitrogens with two attached hydrogens (primary N) is 1. The molecule has 0 radical (unpaired) electrons. The first-order valence-corrected chi connectivity index (χ1v) is 7.41. The Balaban J connectivity index is 0.00000220. The van der Waals surface area contributed by atoms with E-state index in [9.17, 15) is 4.79 Å². The van der Waals surface area contributed by atoms with Crippen LogP contribution in [0, 0.1) is 5.92 Å². The van der Waals surface area contributed by atoms with E-state index in [1.165, 1.54) is 25.3 Å². The summed E-state index contributed by atoms with van der Waals surface area (Å²) in [6.07, 6.45) is 2.53. The number of piperidine rings is 1. The molecule has 1 aliphatic heterocycles. The molecule has 2 rings (SSSR count). The molecule has 0 saturated carbocycles. The molecule has 1 fully saturated rings. The van der Waals surface area contributed by atoms with Crippen molar-refractivity contribution in [2.24, 2.45) is 11.7 Å². The first-order valence-electron chi connectivity index (χ1n) is 7.41. The molecule has 0 aliphatic carbocycles. The summed E-state index contributed by atoms with van der Waals surface area (Å²) < 4.78 is 0. The average Bonchev–Trinajstić information content (AvgIpc) is 2.41. The molecule has 1 aliphatic rings. The molecule has 1 saturated heterocycles. The van der Waals surface area contributed by atoms with Gasteiger partial charge in [0.1, 0.15) is 0 Å². The topological polar surface area (TPSA) is 58.4 Å². The Bertz CT molecular complexity index is 449. The second kappa shape index (κ2) is 8.37. The molecular weight excluding hydrogens is 286 g/mol. The largest absolute Gasteiger partial charge is 0.329 e. The first-order chi connectivity index (χ1) is 9.60. The number of nitrogens with one attached hydrogen (secondary N) is 1. The molecule has 3 N–H and O–H groups in total. The number of carbonyl (C=O) groups is 1. The van der Waals surface area contributed by atoms with E-state index >= 15 is 0 Å². The minimum absolute atomic E-state index is 0. The van der Waals surface area contributed by atoms with Gasteiger partial charge in [-0.15, -0.1) is 12.4 Å². The van der Waals surface area contributed by atoms with Crippen molar-refractivity contribution in [1.82, 2.24) is 4.90 Å². The molecule has 118 valence electrons. The normalized spacial score (nSPS) is 22.4. The molecule has 0 spiro atoms. The second-order valence-electron chi connectivity index (χ2n) is 5.77. The van der Waals surface area contributed by atoms with Gasteiger partial charge >= 0.3 is 0 Å². The van der Waals surface area contributed by atoms with Crippen LogP contribution in [-0.2, 0) is 11.3 Å². The van der Waals surface area contributed by atoms with Gasteiger partial charge in [0.25, 0.3) is 0 Å². The van der Waals surface area contributed by atoms with Gasteiger partial charge in [-0.2, -0.15) is 0 Å². The lowest BCUT2D eigenvalue weighted by atomic mass is 9.90. The zero-order valence-corrected chi connectivity index (χ0v) is 13.7. The number of amides is 1. The summed E-state index contributed by atoms with van der Waals surface area (Å²) >= 11 is 0. The van der Waals surface area contributed by atoms with Crippen LogP contribution in [0.25, 0.3) is 0 Å². The van der Waals surface area contributed by atoms with E-state index in [0.29, 0.717) is 12.0 Å². The summed E-state index contributed by atoms with van der Waals surface area (Å²) in [4.78, 5) is 13.5. The number of anilines is 1. The minimum Gasteiger partial charge on any atom is -0.329 e. The summed E-state index contributed by atoms with van der Waals surface area (Å²) in [6, 6.07) is 8.57. The molecular formula is C16H26ClN3O. The molecule has 21 heavy (non-hydrogen) atoms. The van der Waals surface area contributed by atoms with Crippen LogP contribution in [0.15, 0.2) is 24.3 Å². The van der Waals surface area contributed by atoms with Crippen molar-refractivity contribution < 1.29 is 4.79 Å². The van der Waals surface area contributed by atoms with Crippen molar-refractivity contribution in [2.45, 2.75) is 39.3 Å². The molecule has 2 unspecified atom stereocenters. The summed E-state index contributed by atoms with van der Waals surface area (Å²) in [6.45, 7) is 6.61. The van der Waals surface area contributed by atoms with Crippen molar-refractivity contribution >= 4 is 24.0 Å². The number of likely N-dealkylation sites (tertiary alicyclic amines) is 1. The maximum Gasteiger partial charge on any atom is 0.221 e. The van der Waals surface area contributed by atoms with E-state index < -0.39 is 0 Å². The average molecular weight is 312 g/mol. The quantitative estimate of drug-likeness (QED) is 0.898. The van der Waals surface area contributed by atoms with Gasteiger partial charge in [0.05, 0.1) is 0 Å². The van der Waals surface area contributed by atoms with Gasteiger partial charge in [0.2, 0.25) is 5.91 Å². The van der Waals surface area contributed by atoms with Gasteiger partial charge in [-0.3, -0.25) is 9.69 Å². The van der Waals surface area contributed by atoms with Crippen molar-refractivity contribution in [3.8, 4) is 0 Å². The standard InChI is InChI=1S/C16H25N3O.ClH/c1-12-4-3-9-19(16(12)10-17)11-14-5-7-15(8-6-14)18-13(2)20;/h5-8,12,16H,3-4,9-11,17H2,1-2H3,(H,18,20);1H. The summed E-state index contributed by atoms with van der Waals surface area (Å²) in [5, 5.41) is 2.79. The van der Waals surface area contributed by atoms with Crippen molar-refractivity contribution in [1.29, 1.82) is 0 Å². The lowest BCUT2D eigenvalue weighted by molar-refractivity contribution is -0.114. The van der Waals surface area contributed by atoms with Crippen LogP contribution in [0.4, 0.5) is 5.69 Å². The molecule has 1 aromatic carbocycles. The predicted molar refractivity (Wildman–Crippen MR) is 89.6 cm³/mol. The lowest BCUT2D eigenvalue weighted by Gasteiger charge is -2.39. The van der Waals surface area contributed by atoms with E-state index in [2.05, 4.69) is 29.3 Å². The van der Waals surface area contributed by atoms with Crippen molar-refractivity contribution in [2.75, 3.05) is 18.4 Å². The molecule has 1 amide bonds. The van der Waals surface area contributed by atoms with Crippen LogP contribution in [0.2, 0.25) is 0 Å². The first kappa shape index (κ1) is 18.0. The highest BCUT2D eigenvalue weighted by Crippen LogP contribution is 2.24. The number of benzene rings is 1. The third kappa shape index (κ3) is 4.99. The van der Waals surface area contributed by atoms with Crippen LogP contribution < -0.4 is 11.1 Å². The van der Waals surface area contributed by atoms with Gasteiger partial charge in [-0.05, 0) is 43.0 Å². The van der Waals surface area contributed by atoms with Crippen molar-refractivity contribution in [3.05, 3.63) is 29.8 Å². The van der Waals surface area contributed by atoms with Crippen molar-refractivity contribution in [3.63, 3.8) is 0 Å². The SMILES string of the molecule is CC(=O)Nc1ccc(CN2CCCC(C)C2CN)cc1.Cl. The number of nitrogens with zero attached hydrogens (tertiary/aromatic N) is 1. The summed E-state index contributed by atoms with van der Waals surface area (Å²) in [5.41, 5.74) is 8.05. The number of rotatable bonds is 4. The van der Waals surface area contributed by atoms with Crippen LogP contribution in [-0.4, -0.2) is 29.9 Å². The molecule has 5 heteroatoms. The molecule has 0 bridgehead atoms. The fourth-order valence-corrected chi connectivity index (χ4v) is 3.04. The third-order valence-corrected chi connectivity index (χ3v) is 4.13. The van der Waals surface area contributed by atoms with E-state index in [1.807, 2.05) is 12.1 Å². The minimum atomic E-state index is -0.0363. The van der Waals surface area contributed by atoms with Gasteiger partial charge in [-0.1, -0.05) is 19.1 Å². The maximum atomic E-state index is 11.0. The summed E-state index contributed by atoms with van der Waals surface area (Å²) in [7, 11) is 0. The van der Waals surface area contributed by atoms with Gasteiger partial charge in [0.15, 0.2) is 0 Å². The number of hydrogen-bond donors (Lipinski definition) is 2. The molecule has 4 nitrogen and oxygen atoms in total. The third-order valence-electron chi connectivity index (χ3n) is 4.13. The highest BCUT2D eigenvalue weighted by atomic mass is 35.5. The predicted octanol–water partition coefficient (Wildman–Crippen LogP) is 2.63. The van der Waals surface area contributed by atoms with E-state index in [-0.39, 0.29) is 18.3 Å². The Morgan fingerprint density at radius 1 is 1.38 bits per heavy atom. The van der Waals surface area contributed by atoms with E-state index in [1.54, 1.807) is 0 Å². The molecule has 1 heterocycles. The maximum absolute atomic E-state index is 11.0. The molecule has 0 aromatic heterocycles. The van der Waals surface area contributed by atoms with Gasteiger partial charge in [0, 0.05) is 31.7 Å². The zero-order chi connectivity index (χ0) is 14.5. The number of carbonyl (C=O) groups excluding carboxylic acids is 1. The Hall–Kier alpha value is -1.10. The monoisotopic (exact) mass is 311 g/mol.